The molecule has 2 aromatic carbocycles. The van der Waals surface area contributed by atoms with Crippen molar-refractivity contribution in [3.8, 4) is 0 Å². The Morgan fingerprint density at radius 1 is 1.12 bits per heavy atom. The van der Waals surface area contributed by atoms with Crippen LogP contribution < -0.4 is 11.1 Å². The predicted molar refractivity (Wildman–Crippen MR) is 96.9 cm³/mol. The van der Waals surface area contributed by atoms with Crippen molar-refractivity contribution in [3.05, 3.63) is 71.9 Å². The zero-order valence-electron chi connectivity index (χ0n) is 13.7. The van der Waals surface area contributed by atoms with Crippen molar-refractivity contribution in [1.82, 2.24) is 25.0 Å². The van der Waals surface area contributed by atoms with E-state index in [-0.39, 0.29) is 0 Å². The monoisotopic (exact) mass is 345 g/mol. The van der Waals surface area contributed by atoms with Crippen molar-refractivity contribution < 1.29 is 4.79 Å². The number of carbonyl (C=O) groups is 1. The molecule has 8 nitrogen and oxygen atoms in total. The van der Waals surface area contributed by atoms with Crippen molar-refractivity contribution in [1.29, 1.82) is 0 Å². The van der Waals surface area contributed by atoms with Gasteiger partial charge in [-0.1, -0.05) is 41.6 Å². The van der Waals surface area contributed by atoms with Crippen molar-refractivity contribution in [3.63, 3.8) is 0 Å². The molecular weight excluding hydrogens is 330 g/mol. The van der Waals surface area contributed by atoms with Gasteiger partial charge in [0.25, 0.3) is 0 Å². The number of aromatic nitrogens is 5. The smallest absolute Gasteiger partial charge is 0.248 e. The molecule has 0 atom stereocenters. The topological polar surface area (TPSA) is 112 Å². The molecule has 1 amide bonds. The zero-order chi connectivity index (χ0) is 17.9. The van der Waals surface area contributed by atoms with E-state index < -0.39 is 5.91 Å². The van der Waals surface area contributed by atoms with Crippen LogP contribution in [0.3, 0.4) is 0 Å². The van der Waals surface area contributed by atoms with E-state index in [1.165, 1.54) is 0 Å². The molecule has 0 aliphatic carbocycles. The number of hydrogen-bond donors (Lipinski definition) is 2. The average molecular weight is 345 g/mol. The molecule has 26 heavy (non-hydrogen) atoms. The molecule has 2 aromatic heterocycles. The number of primary amides is 1. The zero-order valence-corrected chi connectivity index (χ0v) is 13.7. The lowest BCUT2D eigenvalue weighted by Gasteiger charge is -2.06. The second-order valence-corrected chi connectivity index (χ2v) is 5.71. The fourth-order valence-corrected chi connectivity index (χ4v) is 2.57. The Bertz CT molecular complexity index is 1080. The number of amides is 1. The van der Waals surface area contributed by atoms with Crippen LogP contribution in [0.15, 0.2) is 60.8 Å². The molecule has 3 N–H and O–H groups in total. The fourth-order valence-electron chi connectivity index (χ4n) is 2.57. The van der Waals surface area contributed by atoms with E-state index in [1.54, 1.807) is 35.1 Å². The minimum atomic E-state index is -0.491. The first-order valence-electron chi connectivity index (χ1n) is 7.96. The van der Waals surface area contributed by atoms with Crippen LogP contribution >= 0.6 is 0 Å². The van der Waals surface area contributed by atoms with Crippen molar-refractivity contribution in [2.75, 3.05) is 5.32 Å². The van der Waals surface area contributed by atoms with Gasteiger partial charge in [0.2, 0.25) is 11.9 Å². The number of anilines is 2. The maximum absolute atomic E-state index is 11.3. The summed E-state index contributed by atoms with van der Waals surface area (Å²) in [6.07, 6.45) is 1.61. The molecule has 0 spiro atoms. The lowest BCUT2D eigenvalue weighted by Crippen LogP contribution is -2.11. The summed E-state index contributed by atoms with van der Waals surface area (Å²) in [6.45, 7) is 0.560. The largest absolute Gasteiger partial charge is 0.366 e. The Hall–Kier alpha value is -3.81. The van der Waals surface area contributed by atoms with E-state index in [0.29, 0.717) is 34.9 Å². The van der Waals surface area contributed by atoms with E-state index in [0.717, 1.165) is 5.56 Å². The Morgan fingerprint density at radius 2 is 1.96 bits per heavy atom. The van der Waals surface area contributed by atoms with E-state index >= 15 is 0 Å². The summed E-state index contributed by atoms with van der Waals surface area (Å²) in [5.74, 6) is -0.106. The second-order valence-electron chi connectivity index (χ2n) is 5.71. The molecule has 4 aromatic rings. The van der Waals surface area contributed by atoms with Crippen LogP contribution in [0.5, 0.6) is 0 Å². The average Bonchev–Trinajstić information content (AvgIpc) is 3.05. The molecule has 128 valence electrons. The van der Waals surface area contributed by atoms with Crippen molar-refractivity contribution in [2.24, 2.45) is 5.73 Å². The van der Waals surface area contributed by atoms with Gasteiger partial charge in [0.05, 0.1) is 12.7 Å². The van der Waals surface area contributed by atoms with Crippen molar-refractivity contribution >= 4 is 28.7 Å². The molecule has 0 unspecified atom stereocenters. The molecule has 2 heterocycles. The third-order valence-corrected chi connectivity index (χ3v) is 3.83. The summed E-state index contributed by atoms with van der Waals surface area (Å²) in [4.78, 5) is 20.1. The maximum atomic E-state index is 11.3. The molecule has 0 saturated carbocycles. The molecular formula is C18H15N7O. The number of rotatable bonds is 5. The van der Waals surface area contributed by atoms with Gasteiger partial charge in [-0.25, -0.2) is 9.67 Å². The number of nitrogens with zero attached hydrogens (tertiary/aromatic N) is 5. The highest BCUT2D eigenvalue weighted by molar-refractivity contribution is 5.93. The van der Waals surface area contributed by atoms with Crippen LogP contribution in [0.2, 0.25) is 0 Å². The standard InChI is InChI=1S/C18H15N7O/c19-16(26)13-7-4-8-14(9-13)21-18-20-10-15-17(22-18)25(24-23-15)11-12-5-2-1-3-6-12/h1-10H,11H2,(H2,19,26)(H,20,21,22). The summed E-state index contributed by atoms with van der Waals surface area (Å²) >= 11 is 0. The van der Waals surface area contributed by atoms with Crippen LogP contribution in [0.25, 0.3) is 11.2 Å². The molecule has 0 radical (unpaired) electrons. The van der Waals surface area contributed by atoms with Crippen LogP contribution in [0.1, 0.15) is 15.9 Å². The van der Waals surface area contributed by atoms with Gasteiger partial charge in [0.15, 0.2) is 11.2 Å². The lowest BCUT2D eigenvalue weighted by molar-refractivity contribution is 0.100. The minimum absolute atomic E-state index is 0.385. The SMILES string of the molecule is NC(=O)c1cccc(Nc2ncc3nnn(Cc4ccccc4)c3n2)c1. The van der Waals surface area contributed by atoms with Crippen LogP contribution in [0.4, 0.5) is 11.6 Å². The molecule has 0 fully saturated rings. The van der Waals surface area contributed by atoms with Crippen LogP contribution in [-0.4, -0.2) is 30.9 Å². The highest BCUT2D eigenvalue weighted by Crippen LogP contribution is 2.17. The number of nitrogens with one attached hydrogen (secondary N) is 1. The molecule has 4 rings (SSSR count). The predicted octanol–water partition coefficient (Wildman–Crippen LogP) is 2.11. The van der Waals surface area contributed by atoms with Gasteiger partial charge >= 0.3 is 0 Å². The Kier molecular flexibility index (Phi) is 3.98. The molecule has 0 bridgehead atoms. The Morgan fingerprint density at radius 3 is 2.77 bits per heavy atom. The highest BCUT2D eigenvalue weighted by atomic mass is 16.1. The van der Waals surface area contributed by atoms with Gasteiger partial charge in [0, 0.05) is 11.3 Å². The van der Waals surface area contributed by atoms with Gasteiger partial charge < -0.3 is 11.1 Å². The third kappa shape index (κ3) is 3.20. The summed E-state index contributed by atoms with van der Waals surface area (Å²) in [6, 6.07) is 16.8. The van der Waals surface area contributed by atoms with Crippen molar-refractivity contribution in [2.45, 2.75) is 6.54 Å². The Labute approximate surface area is 148 Å². The van der Waals surface area contributed by atoms with E-state index in [4.69, 9.17) is 5.73 Å². The highest BCUT2D eigenvalue weighted by Gasteiger charge is 2.10. The minimum Gasteiger partial charge on any atom is -0.366 e. The summed E-state index contributed by atoms with van der Waals surface area (Å²) < 4.78 is 1.72. The van der Waals surface area contributed by atoms with Gasteiger partial charge in [-0.15, -0.1) is 5.10 Å². The molecule has 0 aliphatic rings. The first-order chi connectivity index (χ1) is 12.7. The summed E-state index contributed by atoms with van der Waals surface area (Å²) in [7, 11) is 0. The molecule has 0 aliphatic heterocycles. The quantitative estimate of drug-likeness (QED) is 0.573. The number of fused-ring (bicyclic) bond motifs is 1. The third-order valence-electron chi connectivity index (χ3n) is 3.83. The van der Waals surface area contributed by atoms with Gasteiger partial charge in [-0.2, -0.15) is 4.98 Å². The lowest BCUT2D eigenvalue weighted by atomic mass is 10.2. The van der Waals surface area contributed by atoms with Crippen LogP contribution in [-0.2, 0) is 6.54 Å². The summed E-state index contributed by atoms with van der Waals surface area (Å²) in [5.41, 5.74) is 8.72. The number of carbonyl (C=O) groups excluding carboxylic acids is 1. The number of hydrogen-bond acceptors (Lipinski definition) is 6. The van der Waals surface area contributed by atoms with E-state index in [1.807, 2.05) is 30.3 Å². The van der Waals surface area contributed by atoms with E-state index in [2.05, 4.69) is 25.6 Å². The summed E-state index contributed by atoms with van der Waals surface area (Å²) in [5, 5.41) is 11.3. The Balaban J connectivity index is 1.64. The van der Waals surface area contributed by atoms with E-state index in [9.17, 15) is 4.79 Å². The van der Waals surface area contributed by atoms with Gasteiger partial charge in [0.1, 0.15) is 0 Å². The fraction of sp³-hybridized carbons (Fsp3) is 0.0556. The van der Waals surface area contributed by atoms with Gasteiger partial charge in [-0.05, 0) is 23.8 Å². The first-order valence-corrected chi connectivity index (χ1v) is 7.96. The first kappa shape index (κ1) is 15.7. The maximum Gasteiger partial charge on any atom is 0.248 e. The van der Waals surface area contributed by atoms with Crippen LogP contribution in [0, 0.1) is 0 Å². The molecule has 8 heteroatoms. The van der Waals surface area contributed by atoms with Gasteiger partial charge in [-0.3, -0.25) is 4.79 Å². The molecule has 0 saturated heterocycles. The second kappa shape index (κ2) is 6.60. The number of benzene rings is 2. The normalized spacial score (nSPS) is 10.8. The number of nitrogens with two attached hydrogens (primary N) is 1.